The fourth-order valence-corrected chi connectivity index (χ4v) is 3.93. The van der Waals surface area contributed by atoms with Crippen molar-refractivity contribution >= 4 is 0 Å². The van der Waals surface area contributed by atoms with Gasteiger partial charge in [0.1, 0.15) is 36.1 Å². The van der Waals surface area contributed by atoms with Crippen LogP contribution < -0.4 is 18.9 Å². The molecule has 0 amide bonds. The van der Waals surface area contributed by atoms with E-state index in [-0.39, 0.29) is 22.8 Å². The second-order valence-electron chi connectivity index (χ2n) is 7.61. The minimum atomic E-state index is -1.41. The molecule has 3 aromatic rings. The van der Waals surface area contributed by atoms with E-state index in [0.29, 0.717) is 29.5 Å². The Hall–Kier alpha value is -3.69. The zero-order valence-electron chi connectivity index (χ0n) is 17.0. The van der Waals surface area contributed by atoms with Crippen LogP contribution in [-0.2, 0) is 0 Å². The molecule has 4 atom stereocenters. The Kier molecular flexibility index (Phi) is 4.91. The standard InChI is InChI=1S/C23H21NO8/c1-29-19-5-3-12(9-24-19)18-10-30-15-4-2-11(6-16(15)31-18)23-22(28)21(27)20-14(26)7-13(25)8-17(20)32-23/h2-9,18,21-23,25-28H,10H2,1H3. The molecule has 0 fully saturated rings. The molecular weight excluding hydrogens is 418 g/mol. The molecule has 2 aromatic carbocycles. The van der Waals surface area contributed by atoms with Gasteiger partial charge in [0.05, 0.1) is 12.7 Å². The third-order valence-corrected chi connectivity index (χ3v) is 5.58. The summed E-state index contributed by atoms with van der Waals surface area (Å²) in [5, 5.41) is 41.1. The summed E-state index contributed by atoms with van der Waals surface area (Å²) >= 11 is 0. The molecule has 2 aliphatic rings. The van der Waals surface area contributed by atoms with Crippen LogP contribution in [0.4, 0.5) is 0 Å². The number of phenolic OH excluding ortho intramolecular Hbond substituents is 2. The number of aliphatic hydroxyl groups is 2. The van der Waals surface area contributed by atoms with Gasteiger partial charge in [0.2, 0.25) is 5.88 Å². The fourth-order valence-electron chi connectivity index (χ4n) is 3.93. The van der Waals surface area contributed by atoms with Crippen LogP contribution in [0, 0.1) is 0 Å². The van der Waals surface area contributed by atoms with Crippen LogP contribution in [0.1, 0.15) is 35.0 Å². The molecule has 32 heavy (non-hydrogen) atoms. The Balaban J connectivity index is 1.43. The van der Waals surface area contributed by atoms with Gasteiger partial charge in [-0.05, 0) is 23.8 Å². The monoisotopic (exact) mass is 439 g/mol. The maximum absolute atomic E-state index is 10.7. The Labute approximate surface area is 183 Å². The smallest absolute Gasteiger partial charge is 0.212 e. The van der Waals surface area contributed by atoms with Crippen molar-refractivity contribution in [2.24, 2.45) is 0 Å². The number of pyridine rings is 1. The Bertz CT molecular complexity index is 1150. The lowest BCUT2D eigenvalue weighted by atomic mass is 9.91. The molecule has 3 heterocycles. The van der Waals surface area contributed by atoms with Crippen LogP contribution in [0.3, 0.4) is 0 Å². The highest BCUT2D eigenvalue weighted by atomic mass is 16.6. The number of methoxy groups -OCH3 is 1. The predicted molar refractivity (Wildman–Crippen MR) is 110 cm³/mol. The zero-order chi connectivity index (χ0) is 22.4. The number of aromatic nitrogens is 1. The second kappa shape index (κ2) is 7.77. The number of hydrogen-bond acceptors (Lipinski definition) is 9. The molecule has 1 aromatic heterocycles. The summed E-state index contributed by atoms with van der Waals surface area (Å²) in [7, 11) is 1.54. The lowest BCUT2D eigenvalue weighted by Crippen LogP contribution is -2.34. The average Bonchev–Trinajstić information content (AvgIpc) is 2.80. The van der Waals surface area contributed by atoms with E-state index < -0.39 is 24.4 Å². The molecule has 166 valence electrons. The van der Waals surface area contributed by atoms with Crippen LogP contribution in [0.2, 0.25) is 0 Å². The molecule has 0 saturated heterocycles. The van der Waals surface area contributed by atoms with E-state index in [1.165, 1.54) is 6.07 Å². The topological polar surface area (TPSA) is 131 Å². The van der Waals surface area contributed by atoms with E-state index in [2.05, 4.69) is 4.98 Å². The van der Waals surface area contributed by atoms with Gasteiger partial charge in [-0.1, -0.05) is 6.07 Å². The van der Waals surface area contributed by atoms with Crippen LogP contribution in [0.15, 0.2) is 48.7 Å². The van der Waals surface area contributed by atoms with Crippen LogP contribution >= 0.6 is 0 Å². The van der Waals surface area contributed by atoms with Crippen molar-refractivity contribution < 1.29 is 39.4 Å². The molecule has 4 unspecified atom stereocenters. The summed E-state index contributed by atoms with van der Waals surface area (Å²) in [6.45, 7) is 0.299. The molecule has 4 N–H and O–H groups in total. The summed E-state index contributed by atoms with van der Waals surface area (Å²) in [5.74, 6) is 0.983. The highest BCUT2D eigenvalue weighted by molar-refractivity contribution is 5.53. The number of aliphatic hydroxyl groups excluding tert-OH is 2. The van der Waals surface area contributed by atoms with Crippen molar-refractivity contribution in [1.82, 2.24) is 4.98 Å². The molecular formula is C23H21NO8. The van der Waals surface area contributed by atoms with Crippen LogP contribution in [-0.4, -0.2) is 45.2 Å². The van der Waals surface area contributed by atoms with Crippen molar-refractivity contribution in [1.29, 1.82) is 0 Å². The summed E-state index contributed by atoms with van der Waals surface area (Å²) in [5.41, 5.74) is 1.36. The van der Waals surface area contributed by atoms with Gasteiger partial charge in [-0.3, -0.25) is 0 Å². The van der Waals surface area contributed by atoms with E-state index >= 15 is 0 Å². The maximum Gasteiger partial charge on any atom is 0.212 e. The van der Waals surface area contributed by atoms with Gasteiger partial charge in [-0.2, -0.15) is 0 Å². The summed E-state index contributed by atoms with van der Waals surface area (Å²) in [6.07, 6.45) is -2.47. The first-order valence-electron chi connectivity index (χ1n) is 9.96. The molecule has 2 aliphatic heterocycles. The number of aromatic hydroxyl groups is 2. The summed E-state index contributed by atoms with van der Waals surface area (Å²) < 4.78 is 22.9. The van der Waals surface area contributed by atoms with Gasteiger partial charge in [-0.15, -0.1) is 0 Å². The second-order valence-corrected chi connectivity index (χ2v) is 7.61. The Morgan fingerprint density at radius 3 is 2.50 bits per heavy atom. The molecule has 9 nitrogen and oxygen atoms in total. The first-order chi connectivity index (χ1) is 15.4. The number of ether oxygens (including phenoxy) is 4. The van der Waals surface area contributed by atoms with Crippen LogP contribution in [0.25, 0.3) is 0 Å². The average molecular weight is 439 g/mol. The summed E-state index contributed by atoms with van der Waals surface area (Å²) in [6, 6.07) is 11.0. The normalized spacial score (nSPS) is 23.7. The lowest BCUT2D eigenvalue weighted by Gasteiger charge is -2.35. The minimum absolute atomic E-state index is 0.0242. The van der Waals surface area contributed by atoms with Gasteiger partial charge in [0.15, 0.2) is 23.7 Å². The maximum atomic E-state index is 10.7. The van der Waals surface area contributed by atoms with Crippen molar-refractivity contribution in [3.8, 4) is 34.6 Å². The van der Waals surface area contributed by atoms with Gasteiger partial charge in [-0.25, -0.2) is 4.98 Å². The number of nitrogens with zero attached hydrogens (tertiary/aromatic N) is 1. The SMILES string of the molecule is COc1ccc(C2COc3ccc(C4Oc5cc(O)cc(O)c5C(O)C4O)cc3O2)cn1. The highest BCUT2D eigenvalue weighted by Crippen LogP contribution is 2.48. The molecule has 9 heteroatoms. The molecule has 5 rings (SSSR count). The van der Waals surface area contributed by atoms with E-state index in [4.69, 9.17) is 18.9 Å². The highest BCUT2D eigenvalue weighted by Gasteiger charge is 2.40. The van der Waals surface area contributed by atoms with Crippen molar-refractivity contribution in [2.75, 3.05) is 13.7 Å². The number of benzene rings is 2. The van der Waals surface area contributed by atoms with E-state index in [1.807, 2.05) is 6.07 Å². The van der Waals surface area contributed by atoms with E-state index in [1.54, 1.807) is 37.6 Å². The van der Waals surface area contributed by atoms with Gasteiger partial charge >= 0.3 is 0 Å². The van der Waals surface area contributed by atoms with Gasteiger partial charge in [0, 0.05) is 30.0 Å². The molecule has 0 spiro atoms. The van der Waals surface area contributed by atoms with Crippen molar-refractivity contribution in [3.05, 3.63) is 65.4 Å². The lowest BCUT2D eigenvalue weighted by molar-refractivity contribution is -0.0711. The Morgan fingerprint density at radius 1 is 0.938 bits per heavy atom. The predicted octanol–water partition coefficient (Wildman–Crippen LogP) is 2.54. The first kappa shape index (κ1) is 20.2. The number of hydrogen-bond donors (Lipinski definition) is 4. The van der Waals surface area contributed by atoms with Gasteiger partial charge < -0.3 is 39.4 Å². The van der Waals surface area contributed by atoms with Gasteiger partial charge in [0.25, 0.3) is 0 Å². The largest absolute Gasteiger partial charge is 0.508 e. The third-order valence-electron chi connectivity index (χ3n) is 5.58. The van der Waals surface area contributed by atoms with E-state index in [9.17, 15) is 20.4 Å². The van der Waals surface area contributed by atoms with Crippen molar-refractivity contribution in [2.45, 2.75) is 24.4 Å². The van der Waals surface area contributed by atoms with Crippen LogP contribution in [0.5, 0.6) is 34.6 Å². The van der Waals surface area contributed by atoms with Crippen molar-refractivity contribution in [3.63, 3.8) is 0 Å². The zero-order valence-corrected chi connectivity index (χ0v) is 17.0. The minimum Gasteiger partial charge on any atom is -0.508 e. The molecule has 0 bridgehead atoms. The number of fused-ring (bicyclic) bond motifs is 2. The molecule has 0 aliphatic carbocycles. The number of rotatable bonds is 3. The number of phenols is 2. The fraction of sp³-hybridized carbons (Fsp3) is 0.261. The first-order valence-corrected chi connectivity index (χ1v) is 9.96. The molecule has 0 radical (unpaired) electrons. The molecule has 0 saturated carbocycles. The third kappa shape index (κ3) is 3.41. The Morgan fingerprint density at radius 2 is 1.75 bits per heavy atom. The summed E-state index contributed by atoms with van der Waals surface area (Å²) in [4.78, 5) is 4.19. The quantitative estimate of drug-likeness (QED) is 0.486. The van der Waals surface area contributed by atoms with E-state index in [0.717, 1.165) is 11.6 Å².